The molecular weight excluding hydrogens is 372 g/mol. The molecule has 1 amide bonds. The van der Waals surface area contributed by atoms with Crippen LogP contribution in [0.2, 0.25) is 0 Å². The second-order valence-electron chi connectivity index (χ2n) is 6.66. The van der Waals surface area contributed by atoms with Crippen LogP contribution in [-0.4, -0.2) is 16.1 Å². The van der Waals surface area contributed by atoms with Crippen molar-refractivity contribution in [2.24, 2.45) is 0 Å². The van der Waals surface area contributed by atoms with Gasteiger partial charge in [-0.15, -0.1) is 0 Å². The third-order valence-electron chi connectivity index (χ3n) is 4.56. The summed E-state index contributed by atoms with van der Waals surface area (Å²) in [4.78, 5) is 12.4. The number of amides is 1. The van der Waals surface area contributed by atoms with E-state index >= 15 is 0 Å². The molecule has 3 N–H and O–H groups in total. The van der Waals surface area contributed by atoms with Gasteiger partial charge in [-0.25, -0.2) is 0 Å². The van der Waals surface area contributed by atoms with Gasteiger partial charge in [-0.1, -0.05) is 6.07 Å². The molecule has 5 nitrogen and oxygen atoms in total. The third kappa shape index (κ3) is 4.47. The van der Waals surface area contributed by atoms with Crippen LogP contribution in [0.1, 0.15) is 32.8 Å². The maximum atomic E-state index is 12.4. The van der Waals surface area contributed by atoms with E-state index in [4.69, 9.17) is 21.7 Å². The van der Waals surface area contributed by atoms with Gasteiger partial charge >= 0.3 is 0 Å². The van der Waals surface area contributed by atoms with E-state index in [9.17, 15) is 4.79 Å². The highest BCUT2D eigenvalue weighted by Gasteiger charge is 2.11. The fraction of sp³-hybridized carbons (Fsp3) is 0.182. The van der Waals surface area contributed by atoms with Gasteiger partial charge in [-0.3, -0.25) is 10.1 Å². The van der Waals surface area contributed by atoms with Crippen LogP contribution < -0.4 is 10.6 Å². The molecule has 3 rings (SSSR count). The van der Waals surface area contributed by atoms with Crippen LogP contribution in [0.3, 0.4) is 0 Å². The van der Waals surface area contributed by atoms with Crippen molar-refractivity contribution in [1.82, 2.24) is 5.32 Å². The Balaban J connectivity index is 1.67. The van der Waals surface area contributed by atoms with Gasteiger partial charge in [0.2, 0.25) is 0 Å². The van der Waals surface area contributed by atoms with E-state index in [0.29, 0.717) is 17.1 Å². The monoisotopic (exact) mass is 394 g/mol. The maximum Gasteiger partial charge on any atom is 0.257 e. The number of anilines is 1. The maximum absolute atomic E-state index is 12.4. The molecule has 0 radical (unpaired) electrons. The zero-order valence-corrected chi connectivity index (χ0v) is 16.8. The smallest absolute Gasteiger partial charge is 0.257 e. The third-order valence-corrected chi connectivity index (χ3v) is 4.77. The minimum atomic E-state index is -0.249. The molecule has 0 aliphatic heterocycles. The Morgan fingerprint density at radius 2 is 1.79 bits per heavy atom. The molecule has 0 saturated heterocycles. The largest absolute Gasteiger partial charge is 0.459 e. The molecule has 0 fully saturated rings. The number of carbonyl (C=O) groups excluding carboxylic acids is 1. The van der Waals surface area contributed by atoms with Crippen LogP contribution in [0.25, 0.3) is 11.3 Å². The molecule has 3 aromatic rings. The summed E-state index contributed by atoms with van der Waals surface area (Å²) in [6.07, 6.45) is 0. The van der Waals surface area contributed by atoms with Crippen LogP contribution in [0.4, 0.5) is 5.69 Å². The number of thiocarbonyl (C=S) groups is 1. The summed E-state index contributed by atoms with van der Waals surface area (Å²) in [6, 6.07) is 14.8. The van der Waals surface area contributed by atoms with Crippen molar-refractivity contribution in [3.63, 3.8) is 0 Å². The topological polar surface area (TPSA) is 74.5 Å². The quantitative estimate of drug-likeness (QED) is 0.569. The fourth-order valence-electron chi connectivity index (χ4n) is 2.85. The van der Waals surface area contributed by atoms with Crippen LogP contribution >= 0.6 is 12.2 Å². The van der Waals surface area contributed by atoms with Gasteiger partial charge in [0.25, 0.3) is 5.91 Å². The molecule has 0 spiro atoms. The lowest BCUT2D eigenvalue weighted by Gasteiger charge is -2.12. The van der Waals surface area contributed by atoms with Crippen LogP contribution in [-0.2, 0) is 6.61 Å². The first-order valence-electron chi connectivity index (χ1n) is 8.87. The number of nitrogens with one attached hydrogen (secondary N) is 2. The Hall–Kier alpha value is -2.96. The van der Waals surface area contributed by atoms with Gasteiger partial charge < -0.3 is 14.8 Å². The van der Waals surface area contributed by atoms with Gasteiger partial charge in [-0.2, -0.15) is 0 Å². The van der Waals surface area contributed by atoms with E-state index in [-0.39, 0.29) is 17.6 Å². The lowest BCUT2D eigenvalue weighted by Crippen LogP contribution is -2.34. The summed E-state index contributed by atoms with van der Waals surface area (Å²) in [5.41, 5.74) is 5.43. The molecular formula is C22H22N2O3S. The average Bonchev–Trinajstić information content (AvgIpc) is 3.12. The highest BCUT2D eigenvalue weighted by molar-refractivity contribution is 7.80. The molecule has 1 heterocycles. The lowest BCUT2D eigenvalue weighted by atomic mass is 10.1. The first kappa shape index (κ1) is 19.8. The fourth-order valence-corrected chi connectivity index (χ4v) is 3.06. The van der Waals surface area contributed by atoms with Crippen molar-refractivity contribution in [3.05, 3.63) is 76.5 Å². The Morgan fingerprint density at radius 1 is 1.00 bits per heavy atom. The molecule has 144 valence electrons. The number of hydrogen-bond acceptors (Lipinski definition) is 4. The molecule has 1 aromatic heterocycles. The SMILES string of the molecule is Cc1ccc(C(=O)NC(=S)Nc2ccc(-c3ccc(CO)o3)c(C)c2)cc1C. The molecule has 0 atom stereocenters. The van der Waals surface area contributed by atoms with E-state index in [1.165, 1.54) is 0 Å². The summed E-state index contributed by atoms with van der Waals surface area (Å²) in [6.45, 7) is 5.80. The van der Waals surface area contributed by atoms with Gasteiger partial charge in [0.05, 0.1) is 0 Å². The molecule has 0 saturated carbocycles. The number of benzene rings is 2. The first-order valence-corrected chi connectivity index (χ1v) is 9.28. The number of aliphatic hydroxyl groups is 1. The highest BCUT2D eigenvalue weighted by atomic mass is 32.1. The van der Waals surface area contributed by atoms with Gasteiger partial charge in [0.15, 0.2) is 5.11 Å². The Labute approximate surface area is 169 Å². The number of rotatable bonds is 4. The van der Waals surface area contributed by atoms with E-state index in [2.05, 4.69) is 10.6 Å². The average molecular weight is 394 g/mol. The predicted molar refractivity (Wildman–Crippen MR) is 114 cm³/mol. The summed E-state index contributed by atoms with van der Waals surface area (Å²) in [5.74, 6) is 0.964. The number of aliphatic hydroxyl groups excluding tert-OH is 1. The predicted octanol–water partition coefficient (Wildman–Crippen LogP) is 4.49. The van der Waals surface area contributed by atoms with Crippen molar-refractivity contribution in [1.29, 1.82) is 0 Å². The summed E-state index contributed by atoms with van der Waals surface area (Å²) >= 11 is 5.27. The molecule has 2 aromatic carbocycles. The normalized spacial score (nSPS) is 10.6. The second-order valence-corrected chi connectivity index (χ2v) is 7.07. The van der Waals surface area contributed by atoms with E-state index < -0.39 is 0 Å². The second kappa shape index (κ2) is 8.37. The lowest BCUT2D eigenvalue weighted by molar-refractivity contribution is 0.0977. The molecule has 0 aliphatic carbocycles. The minimum Gasteiger partial charge on any atom is -0.459 e. The highest BCUT2D eigenvalue weighted by Crippen LogP contribution is 2.27. The van der Waals surface area contributed by atoms with Crippen molar-refractivity contribution < 1.29 is 14.3 Å². The molecule has 6 heteroatoms. The van der Waals surface area contributed by atoms with E-state index in [0.717, 1.165) is 27.9 Å². The van der Waals surface area contributed by atoms with E-state index in [1.807, 2.05) is 57.2 Å². The number of carbonyl (C=O) groups is 1. The zero-order chi connectivity index (χ0) is 20.3. The Morgan fingerprint density at radius 3 is 2.43 bits per heavy atom. The van der Waals surface area contributed by atoms with Crippen molar-refractivity contribution in [3.8, 4) is 11.3 Å². The minimum absolute atomic E-state index is 0.132. The summed E-state index contributed by atoms with van der Waals surface area (Å²) in [5, 5.41) is 15.1. The summed E-state index contributed by atoms with van der Waals surface area (Å²) < 4.78 is 5.59. The van der Waals surface area contributed by atoms with Gasteiger partial charge in [-0.05, 0) is 92.1 Å². The zero-order valence-electron chi connectivity index (χ0n) is 16.0. The van der Waals surface area contributed by atoms with Crippen molar-refractivity contribution >= 4 is 28.9 Å². The van der Waals surface area contributed by atoms with E-state index in [1.54, 1.807) is 12.1 Å². The molecule has 0 unspecified atom stereocenters. The molecule has 0 aliphatic rings. The molecule has 28 heavy (non-hydrogen) atoms. The number of aryl methyl sites for hydroxylation is 3. The summed E-state index contributed by atoms with van der Waals surface area (Å²) in [7, 11) is 0. The first-order chi connectivity index (χ1) is 13.4. The van der Waals surface area contributed by atoms with Crippen molar-refractivity contribution in [2.75, 3.05) is 5.32 Å². The molecule has 0 bridgehead atoms. The number of hydrogen-bond donors (Lipinski definition) is 3. The van der Waals surface area contributed by atoms with Crippen LogP contribution in [0.15, 0.2) is 52.9 Å². The Kier molecular flexibility index (Phi) is 5.92. The standard InChI is InChI=1S/C22H22N2O3S/c1-13-4-5-16(10-14(13)2)21(26)24-22(28)23-17-6-8-19(15(3)11-17)20-9-7-18(12-25)27-20/h4-11,25H,12H2,1-3H3,(H2,23,24,26,28). The van der Waals surface area contributed by atoms with Gasteiger partial charge in [0, 0.05) is 16.8 Å². The number of furan rings is 1. The van der Waals surface area contributed by atoms with Crippen LogP contribution in [0.5, 0.6) is 0 Å². The van der Waals surface area contributed by atoms with Crippen LogP contribution in [0, 0.1) is 20.8 Å². The Bertz CT molecular complexity index is 1040. The van der Waals surface area contributed by atoms with Gasteiger partial charge in [0.1, 0.15) is 18.1 Å². The van der Waals surface area contributed by atoms with Crippen molar-refractivity contribution in [2.45, 2.75) is 27.4 Å².